The van der Waals surface area contributed by atoms with E-state index in [1.807, 2.05) is 0 Å². The Labute approximate surface area is 118 Å². The molecule has 0 atom stereocenters. The minimum atomic E-state index is -0.780. The second-order valence-corrected chi connectivity index (χ2v) is 4.63. The van der Waals surface area contributed by atoms with E-state index in [0.717, 1.165) is 23.9 Å². The van der Waals surface area contributed by atoms with Crippen LogP contribution in [0, 0.1) is 11.6 Å². The minimum Gasteiger partial charge on any atom is -0.481 e. The molecule has 0 unspecified atom stereocenters. The number of nitrogens with zero attached hydrogens (tertiary/aromatic N) is 2. The number of ether oxygens (including phenoxy) is 2. The second kappa shape index (κ2) is 5.91. The van der Waals surface area contributed by atoms with Crippen LogP contribution in [-0.2, 0) is 0 Å². The Morgan fingerprint density at radius 2 is 1.50 bits per heavy atom. The lowest BCUT2D eigenvalue weighted by Gasteiger charge is -2.07. The monoisotopic (exact) mass is 299 g/mol. The van der Waals surface area contributed by atoms with Gasteiger partial charge in [-0.3, -0.25) is 0 Å². The largest absolute Gasteiger partial charge is 0.481 e. The average Bonchev–Trinajstić information content (AvgIpc) is 2.42. The fourth-order valence-corrected chi connectivity index (χ4v) is 2.17. The quantitative estimate of drug-likeness (QED) is 0.691. The standard InChI is InChI=1S/C12H11F2N3O2S/c1-18-9-5-10(19-2)17-12(16-9)20-11-7(13)3-6(15)4-8(11)14/h3-5H,15H2,1-2H3. The van der Waals surface area contributed by atoms with Gasteiger partial charge in [0, 0.05) is 5.69 Å². The molecule has 0 fully saturated rings. The lowest BCUT2D eigenvalue weighted by atomic mass is 10.3. The normalized spacial score (nSPS) is 10.4. The van der Waals surface area contributed by atoms with Crippen molar-refractivity contribution in [1.82, 2.24) is 9.97 Å². The summed E-state index contributed by atoms with van der Waals surface area (Å²) in [6, 6.07) is 3.52. The molecule has 0 saturated heterocycles. The van der Waals surface area contributed by atoms with Gasteiger partial charge in [0.1, 0.15) is 11.6 Å². The smallest absolute Gasteiger partial charge is 0.220 e. The predicted octanol–water partition coefficient (Wildman–Crippen LogP) is 2.51. The van der Waals surface area contributed by atoms with Crippen LogP contribution >= 0.6 is 11.8 Å². The molecule has 8 heteroatoms. The molecule has 2 N–H and O–H groups in total. The molecule has 1 heterocycles. The summed E-state index contributed by atoms with van der Waals surface area (Å²) in [5, 5.41) is 0.101. The Bertz CT molecular complexity index is 595. The highest BCUT2D eigenvalue weighted by Gasteiger charge is 2.15. The van der Waals surface area contributed by atoms with Gasteiger partial charge in [0.15, 0.2) is 5.16 Å². The fraction of sp³-hybridized carbons (Fsp3) is 0.167. The van der Waals surface area contributed by atoms with Crippen molar-refractivity contribution in [2.75, 3.05) is 20.0 Å². The van der Waals surface area contributed by atoms with Crippen molar-refractivity contribution in [3.63, 3.8) is 0 Å². The van der Waals surface area contributed by atoms with Gasteiger partial charge in [-0.25, -0.2) is 8.78 Å². The Morgan fingerprint density at radius 1 is 1.00 bits per heavy atom. The molecule has 1 aromatic heterocycles. The van der Waals surface area contributed by atoms with Crippen LogP contribution in [-0.4, -0.2) is 24.2 Å². The molecule has 0 aliphatic carbocycles. The van der Waals surface area contributed by atoms with Crippen LogP contribution in [0.3, 0.4) is 0 Å². The summed E-state index contributed by atoms with van der Waals surface area (Å²) < 4.78 is 37.3. The SMILES string of the molecule is COc1cc(OC)nc(Sc2c(F)cc(N)cc2F)n1. The Kier molecular flexibility index (Phi) is 4.23. The Balaban J connectivity index is 2.39. The van der Waals surface area contributed by atoms with Crippen LogP contribution in [0.15, 0.2) is 28.3 Å². The van der Waals surface area contributed by atoms with Gasteiger partial charge in [0.05, 0.1) is 25.2 Å². The summed E-state index contributed by atoms with van der Waals surface area (Å²) in [5.74, 6) is -1.10. The van der Waals surface area contributed by atoms with E-state index in [4.69, 9.17) is 15.2 Å². The average molecular weight is 299 g/mol. The van der Waals surface area contributed by atoms with E-state index in [1.165, 1.54) is 20.3 Å². The number of methoxy groups -OCH3 is 2. The molecule has 106 valence electrons. The van der Waals surface area contributed by atoms with Crippen LogP contribution in [0.4, 0.5) is 14.5 Å². The first kappa shape index (κ1) is 14.3. The van der Waals surface area contributed by atoms with Crippen molar-refractivity contribution in [3.05, 3.63) is 29.8 Å². The number of rotatable bonds is 4. The zero-order valence-electron chi connectivity index (χ0n) is 10.7. The van der Waals surface area contributed by atoms with E-state index in [9.17, 15) is 8.78 Å². The third-order valence-corrected chi connectivity index (χ3v) is 3.25. The number of hydrogen-bond acceptors (Lipinski definition) is 6. The number of hydrogen-bond donors (Lipinski definition) is 1. The van der Waals surface area contributed by atoms with E-state index in [-0.39, 0.29) is 27.5 Å². The van der Waals surface area contributed by atoms with Gasteiger partial charge >= 0.3 is 0 Å². The molecule has 0 saturated carbocycles. The molecular formula is C12H11F2N3O2S. The van der Waals surface area contributed by atoms with Crippen molar-refractivity contribution in [2.24, 2.45) is 0 Å². The first-order chi connectivity index (χ1) is 9.53. The number of anilines is 1. The van der Waals surface area contributed by atoms with Crippen molar-refractivity contribution in [2.45, 2.75) is 10.1 Å². The second-order valence-electron chi connectivity index (χ2n) is 3.65. The molecule has 2 aromatic rings. The number of halogens is 2. The Hall–Kier alpha value is -2.09. The molecule has 0 aliphatic heterocycles. The number of nitrogen functional groups attached to an aromatic ring is 1. The summed E-state index contributed by atoms with van der Waals surface area (Å²) in [6.45, 7) is 0. The summed E-state index contributed by atoms with van der Waals surface area (Å²) in [5.41, 5.74) is 5.36. The maximum absolute atomic E-state index is 13.7. The molecule has 1 aromatic carbocycles. The maximum Gasteiger partial charge on any atom is 0.220 e. The van der Waals surface area contributed by atoms with Crippen molar-refractivity contribution in [1.29, 1.82) is 0 Å². The van der Waals surface area contributed by atoms with Crippen LogP contribution in [0.5, 0.6) is 11.8 Å². The summed E-state index contributed by atoms with van der Waals surface area (Å²) in [6.07, 6.45) is 0. The first-order valence-corrected chi connectivity index (χ1v) is 6.24. The van der Waals surface area contributed by atoms with Crippen molar-refractivity contribution in [3.8, 4) is 11.8 Å². The summed E-state index contributed by atoms with van der Waals surface area (Å²) >= 11 is 0.721. The zero-order valence-corrected chi connectivity index (χ0v) is 11.5. The highest BCUT2D eigenvalue weighted by Crippen LogP contribution is 2.33. The summed E-state index contributed by atoms with van der Waals surface area (Å²) in [7, 11) is 2.83. The Morgan fingerprint density at radius 3 is 1.95 bits per heavy atom. The molecule has 0 radical (unpaired) electrons. The zero-order chi connectivity index (χ0) is 14.7. The van der Waals surface area contributed by atoms with Gasteiger partial charge in [0.2, 0.25) is 11.8 Å². The first-order valence-electron chi connectivity index (χ1n) is 5.43. The molecule has 0 aliphatic rings. The summed E-state index contributed by atoms with van der Waals surface area (Å²) in [4.78, 5) is 7.73. The van der Waals surface area contributed by atoms with Gasteiger partial charge in [-0.15, -0.1) is 0 Å². The topological polar surface area (TPSA) is 70.3 Å². The van der Waals surface area contributed by atoms with Crippen LogP contribution in [0.1, 0.15) is 0 Å². The highest BCUT2D eigenvalue weighted by molar-refractivity contribution is 7.99. The maximum atomic E-state index is 13.7. The third-order valence-electron chi connectivity index (χ3n) is 2.29. The van der Waals surface area contributed by atoms with Gasteiger partial charge in [-0.05, 0) is 23.9 Å². The van der Waals surface area contributed by atoms with E-state index >= 15 is 0 Å². The van der Waals surface area contributed by atoms with E-state index < -0.39 is 11.6 Å². The number of benzene rings is 1. The van der Waals surface area contributed by atoms with E-state index in [0.29, 0.717) is 0 Å². The molecule has 0 amide bonds. The molecule has 0 bridgehead atoms. The van der Waals surface area contributed by atoms with Crippen LogP contribution in [0.25, 0.3) is 0 Å². The van der Waals surface area contributed by atoms with Crippen molar-refractivity contribution < 1.29 is 18.3 Å². The van der Waals surface area contributed by atoms with Crippen molar-refractivity contribution >= 4 is 17.4 Å². The lowest BCUT2D eigenvalue weighted by molar-refractivity contribution is 0.364. The number of nitrogens with two attached hydrogens (primary N) is 1. The fourth-order valence-electron chi connectivity index (χ4n) is 1.41. The predicted molar refractivity (Wildman–Crippen MR) is 70.0 cm³/mol. The highest BCUT2D eigenvalue weighted by atomic mass is 32.2. The molecule has 2 rings (SSSR count). The van der Waals surface area contributed by atoms with Gasteiger partial charge < -0.3 is 15.2 Å². The third kappa shape index (κ3) is 3.08. The minimum absolute atomic E-state index is 0.00786. The van der Waals surface area contributed by atoms with Gasteiger partial charge in [0.25, 0.3) is 0 Å². The van der Waals surface area contributed by atoms with Crippen LogP contribution in [0.2, 0.25) is 0 Å². The molecule has 20 heavy (non-hydrogen) atoms. The molecule has 5 nitrogen and oxygen atoms in total. The van der Waals surface area contributed by atoms with E-state index in [2.05, 4.69) is 9.97 Å². The number of aromatic nitrogens is 2. The van der Waals surface area contributed by atoms with E-state index in [1.54, 1.807) is 0 Å². The van der Waals surface area contributed by atoms with Crippen LogP contribution < -0.4 is 15.2 Å². The molecular weight excluding hydrogens is 288 g/mol. The lowest BCUT2D eigenvalue weighted by Crippen LogP contribution is -1.98. The van der Waals surface area contributed by atoms with Gasteiger partial charge in [-0.1, -0.05) is 0 Å². The molecule has 0 spiro atoms. The van der Waals surface area contributed by atoms with Gasteiger partial charge in [-0.2, -0.15) is 9.97 Å².